The van der Waals surface area contributed by atoms with Gasteiger partial charge in [-0.2, -0.15) is 0 Å². The standard InChI is InChI=1S/C7H19Si2.Al/c1-8(2,3)7-9(4,5)6;/h7H,1-6H3;/q;+2. The molecule has 0 bridgehead atoms. The molecule has 10 heavy (non-hydrogen) atoms. The van der Waals surface area contributed by atoms with Crippen molar-refractivity contribution in [3.05, 3.63) is 0 Å². The van der Waals surface area contributed by atoms with Crippen molar-refractivity contribution in [2.45, 2.75) is 43.3 Å². The van der Waals surface area contributed by atoms with Gasteiger partial charge in [-0.25, -0.2) is 0 Å². The summed E-state index contributed by atoms with van der Waals surface area (Å²) in [5.74, 6) is 0. The van der Waals surface area contributed by atoms with Gasteiger partial charge in [0.15, 0.2) is 0 Å². The zero-order valence-electron chi connectivity index (χ0n) is 8.15. The first-order valence-electron chi connectivity index (χ1n) is 3.91. The van der Waals surface area contributed by atoms with Crippen LogP contribution in [0, 0.1) is 0 Å². The fourth-order valence-electron chi connectivity index (χ4n) is 1.30. The van der Waals surface area contributed by atoms with Gasteiger partial charge in [0.05, 0.1) is 0 Å². The molecular weight excluding hydrogens is 167 g/mol. The summed E-state index contributed by atoms with van der Waals surface area (Å²) >= 11 is 3.07. The van der Waals surface area contributed by atoms with Crippen molar-refractivity contribution in [3.8, 4) is 0 Å². The Morgan fingerprint density at radius 2 is 1.00 bits per heavy atom. The van der Waals surface area contributed by atoms with Crippen molar-refractivity contribution in [3.63, 3.8) is 0 Å². The molecular formula is C7H19AlSi2+2. The van der Waals surface area contributed by atoms with Gasteiger partial charge in [0.1, 0.15) is 0 Å². The monoisotopic (exact) mass is 186 g/mol. The predicted molar refractivity (Wildman–Crippen MR) is 56.2 cm³/mol. The van der Waals surface area contributed by atoms with Crippen molar-refractivity contribution in [1.29, 1.82) is 0 Å². The predicted octanol–water partition coefficient (Wildman–Crippen LogP) is 2.70. The Balaban J connectivity index is 4.23. The van der Waals surface area contributed by atoms with Crippen LogP contribution in [0.2, 0.25) is 43.3 Å². The molecule has 0 rings (SSSR count). The average molecular weight is 186 g/mol. The van der Waals surface area contributed by atoms with Crippen molar-refractivity contribution in [2.24, 2.45) is 0 Å². The van der Waals surface area contributed by atoms with Crippen LogP contribution >= 0.6 is 0 Å². The second kappa shape index (κ2) is 3.14. The van der Waals surface area contributed by atoms with Gasteiger partial charge in [-0.05, 0) is 0 Å². The third kappa shape index (κ3) is 3.38. The first-order chi connectivity index (χ1) is 4.15. The van der Waals surface area contributed by atoms with Gasteiger partial charge >= 0.3 is 75.7 Å². The quantitative estimate of drug-likeness (QED) is 0.582. The molecule has 0 aliphatic rings. The summed E-state index contributed by atoms with van der Waals surface area (Å²) in [6.07, 6.45) is 0. The molecule has 56 valence electrons. The van der Waals surface area contributed by atoms with E-state index in [-0.39, 0.29) is 0 Å². The van der Waals surface area contributed by atoms with Gasteiger partial charge in [0, 0.05) is 0 Å². The summed E-state index contributed by atoms with van der Waals surface area (Å²) in [6.45, 7) is 14.8. The third-order valence-corrected chi connectivity index (χ3v) is 16.8. The van der Waals surface area contributed by atoms with Crippen LogP contribution < -0.4 is 0 Å². The van der Waals surface area contributed by atoms with E-state index in [0.717, 1.165) is 4.03 Å². The SMILES string of the molecule is C[Si](C)(C)[CH]([Al+2])[Si](C)(C)C. The molecule has 0 nitrogen and oxygen atoms in total. The summed E-state index contributed by atoms with van der Waals surface area (Å²) in [5.41, 5.74) is 0. The Kier molecular flexibility index (Phi) is 3.45. The third-order valence-electron chi connectivity index (χ3n) is 1.87. The van der Waals surface area contributed by atoms with E-state index in [1.807, 2.05) is 0 Å². The fourth-order valence-corrected chi connectivity index (χ4v) is 11.7. The van der Waals surface area contributed by atoms with E-state index in [0.29, 0.717) is 0 Å². The zero-order chi connectivity index (χ0) is 8.58. The summed E-state index contributed by atoms with van der Waals surface area (Å²) in [7, 11) is -1.74. The van der Waals surface area contributed by atoms with E-state index in [1.165, 1.54) is 0 Å². The zero-order valence-corrected chi connectivity index (χ0v) is 11.3. The van der Waals surface area contributed by atoms with Crippen LogP contribution in [0.25, 0.3) is 0 Å². The Bertz CT molecular complexity index is 95.8. The van der Waals surface area contributed by atoms with Crippen molar-refractivity contribution < 1.29 is 0 Å². The molecule has 0 unspecified atom stereocenters. The van der Waals surface area contributed by atoms with Crippen LogP contribution in [0.3, 0.4) is 0 Å². The summed E-state index contributed by atoms with van der Waals surface area (Å²) in [4.78, 5) is 0. The van der Waals surface area contributed by atoms with E-state index < -0.39 is 16.1 Å². The normalized spacial score (nSPS) is 14.5. The van der Waals surface area contributed by atoms with Crippen LogP contribution in [-0.2, 0) is 0 Å². The molecule has 0 atom stereocenters. The molecule has 0 spiro atoms. The van der Waals surface area contributed by atoms with Gasteiger partial charge in [-0.1, -0.05) is 0 Å². The minimum absolute atomic E-state index is 0.871. The van der Waals surface area contributed by atoms with Crippen LogP contribution in [0.1, 0.15) is 0 Å². The molecule has 0 aliphatic carbocycles. The maximum atomic E-state index is 3.07. The first kappa shape index (κ1) is 11.0. The van der Waals surface area contributed by atoms with Gasteiger partial charge in [0.25, 0.3) is 0 Å². The van der Waals surface area contributed by atoms with Gasteiger partial charge in [0.2, 0.25) is 0 Å². The Morgan fingerprint density at radius 3 is 1.00 bits per heavy atom. The first-order valence-corrected chi connectivity index (χ1v) is 11.7. The summed E-state index contributed by atoms with van der Waals surface area (Å²) < 4.78 is 0.958. The van der Waals surface area contributed by atoms with Gasteiger partial charge < -0.3 is 0 Å². The maximum absolute atomic E-state index is 3.07. The second-order valence-electron chi connectivity index (χ2n) is 5.21. The van der Waals surface area contributed by atoms with Crippen molar-refractivity contribution in [1.82, 2.24) is 0 Å². The van der Waals surface area contributed by atoms with Crippen LogP contribution in [0.5, 0.6) is 0 Å². The van der Waals surface area contributed by atoms with Crippen molar-refractivity contribution >= 4 is 32.4 Å². The van der Waals surface area contributed by atoms with Crippen molar-refractivity contribution in [2.75, 3.05) is 0 Å². The number of hydrogen-bond acceptors (Lipinski definition) is 0. The van der Waals surface area contributed by atoms with E-state index in [9.17, 15) is 0 Å². The van der Waals surface area contributed by atoms with Gasteiger partial charge in [-0.15, -0.1) is 0 Å². The van der Waals surface area contributed by atoms with E-state index in [2.05, 4.69) is 55.6 Å². The van der Waals surface area contributed by atoms with E-state index in [1.54, 1.807) is 0 Å². The number of hydrogen-bond donors (Lipinski definition) is 0. The molecule has 0 aromatic carbocycles. The molecule has 0 saturated heterocycles. The number of rotatable bonds is 2. The molecule has 0 saturated carbocycles. The molecule has 0 fully saturated rings. The Morgan fingerprint density at radius 1 is 0.800 bits per heavy atom. The topological polar surface area (TPSA) is 0 Å². The molecule has 0 heterocycles. The minimum atomic E-state index is -0.871. The summed E-state index contributed by atoms with van der Waals surface area (Å²) in [5, 5.41) is 0. The molecule has 0 amide bonds. The summed E-state index contributed by atoms with van der Waals surface area (Å²) in [6, 6.07) is 0. The van der Waals surface area contributed by atoms with Gasteiger partial charge in [-0.3, -0.25) is 0 Å². The molecule has 0 aromatic heterocycles. The van der Waals surface area contributed by atoms with Crippen LogP contribution in [0.15, 0.2) is 0 Å². The fraction of sp³-hybridized carbons (Fsp3) is 1.00. The Hall–Kier alpha value is 0.966. The molecule has 0 N–H and O–H groups in total. The average Bonchev–Trinajstić information content (AvgIpc) is 1.59. The van der Waals surface area contributed by atoms with Crippen LogP contribution in [-0.4, -0.2) is 32.4 Å². The molecule has 3 heteroatoms. The van der Waals surface area contributed by atoms with E-state index >= 15 is 0 Å². The second-order valence-corrected chi connectivity index (χ2v) is 18.5. The molecule has 0 radical (unpaired) electrons. The Labute approximate surface area is 75.9 Å². The molecule has 0 aromatic rings. The van der Waals surface area contributed by atoms with Crippen LogP contribution in [0.4, 0.5) is 0 Å². The van der Waals surface area contributed by atoms with E-state index in [4.69, 9.17) is 0 Å². The molecule has 0 aliphatic heterocycles.